The number of likely N-dealkylation sites (tertiary alicyclic amines) is 1. The number of piperidine rings is 1. The van der Waals surface area contributed by atoms with Gasteiger partial charge in [-0.1, -0.05) is 23.7 Å². The van der Waals surface area contributed by atoms with Crippen LogP contribution in [0, 0.1) is 5.92 Å². The Morgan fingerprint density at radius 3 is 2.81 bits per heavy atom. The van der Waals surface area contributed by atoms with Crippen LogP contribution in [0.1, 0.15) is 24.6 Å². The highest BCUT2D eigenvalue weighted by atomic mass is 35.5. The van der Waals surface area contributed by atoms with Crippen molar-refractivity contribution in [2.75, 3.05) is 33.2 Å². The molecule has 114 valence electrons. The molecule has 1 amide bonds. The Hall–Kier alpha value is -1.10. The lowest BCUT2D eigenvalue weighted by Gasteiger charge is -2.33. The minimum Gasteiger partial charge on any atom is -0.322 e. The van der Waals surface area contributed by atoms with Crippen LogP contribution in [0.2, 0.25) is 5.02 Å². The van der Waals surface area contributed by atoms with Crippen LogP contribution in [-0.2, 0) is 4.79 Å². The molecule has 0 radical (unpaired) electrons. The fraction of sp³-hybridized carbons (Fsp3) is 0.562. The van der Waals surface area contributed by atoms with Crippen LogP contribution in [0.4, 0.5) is 0 Å². The van der Waals surface area contributed by atoms with Crippen molar-refractivity contribution in [2.45, 2.75) is 19.0 Å². The van der Waals surface area contributed by atoms with E-state index in [9.17, 15) is 4.79 Å². The minimum absolute atomic E-state index is 0.0316. The van der Waals surface area contributed by atoms with Gasteiger partial charge in [0.2, 0.25) is 5.91 Å². The van der Waals surface area contributed by atoms with Gasteiger partial charge in [-0.05, 0) is 56.6 Å². The quantitative estimate of drug-likeness (QED) is 0.929. The van der Waals surface area contributed by atoms with E-state index < -0.39 is 0 Å². The molecule has 2 heterocycles. The van der Waals surface area contributed by atoms with Gasteiger partial charge >= 0.3 is 0 Å². The monoisotopic (exact) mass is 307 g/mol. The smallest absolute Gasteiger partial charge is 0.238 e. The Balaban J connectivity index is 1.71. The van der Waals surface area contributed by atoms with Crippen molar-refractivity contribution in [3.05, 3.63) is 34.9 Å². The van der Waals surface area contributed by atoms with E-state index in [1.54, 1.807) is 0 Å². The zero-order valence-corrected chi connectivity index (χ0v) is 13.1. The summed E-state index contributed by atoms with van der Waals surface area (Å²) in [6.45, 7) is 3.52. The van der Waals surface area contributed by atoms with Crippen molar-refractivity contribution < 1.29 is 4.79 Å². The van der Waals surface area contributed by atoms with E-state index in [2.05, 4.69) is 17.3 Å². The van der Waals surface area contributed by atoms with Gasteiger partial charge in [-0.25, -0.2) is 0 Å². The first-order chi connectivity index (χ1) is 10.1. The van der Waals surface area contributed by atoms with Crippen LogP contribution in [0.5, 0.6) is 0 Å². The van der Waals surface area contributed by atoms with Crippen molar-refractivity contribution in [1.29, 1.82) is 0 Å². The van der Waals surface area contributed by atoms with Gasteiger partial charge in [0.1, 0.15) is 6.17 Å². The molecule has 4 nitrogen and oxygen atoms in total. The summed E-state index contributed by atoms with van der Waals surface area (Å²) < 4.78 is 0. The first-order valence-electron chi connectivity index (χ1n) is 7.60. The van der Waals surface area contributed by atoms with Gasteiger partial charge in [-0.2, -0.15) is 0 Å². The van der Waals surface area contributed by atoms with Gasteiger partial charge < -0.3 is 9.80 Å². The molecule has 0 aromatic heterocycles. The molecule has 0 spiro atoms. The highest BCUT2D eigenvalue weighted by Crippen LogP contribution is 2.27. The third kappa shape index (κ3) is 3.39. The van der Waals surface area contributed by atoms with Gasteiger partial charge in [0, 0.05) is 11.6 Å². The molecule has 0 aliphatic carbocycles. The Morgan fingerprint density at radius 1 is 1.33 bits per heavy atom. The molecular formula is C16H22ClN3O. The Labute approximate surface area is 131 Å². The lowest BCUT2D eigenvalue weighted by atomic mass is 9.96. The summed E-state index contributed by atoms with van der Waals surface area (Å²) in [4.78, 5) is 16.5. The lowest BCUT2D eigenvalue weighted by Crippen LogP contribution is -2.39. The number of benzene rings is 1. The molecule has 0 saturated carbocycles. The number of halogens is 1. The van der Waals surface area contributed by atoms with E-state index in [4.69, 9.17) is 11.6 Å². The highest BCUT2D eigenvalue weighted by Gasteiger charge is 2.33. The van der Waals surface area contributed by atoms with Gasteiger partial charge in [0.25, 0.3) is 0 Å². The fourth-order valence-corrected chi connectivity index (χ4v) is 3.44. The van der Waals surface area contributed by atoms with E-state index in [-0.39, 0.29) is 12.1 Å². The van der Waals surface area contributed by atoms with Gasteiger partial charge in [-0.3, -0.25) is 10.1 Å². The zero-order valence-electron chi connectivity index (χ0n) is 12.4. The summed E-state index contributed by atoms with van der Waals surface area (Å²) in [6, 6.07) is 7.78. The molecule has 1 unspecified atom stereocenters. The second-order valence-corrected chi connectivity index (χ2v) is 6.57. The van der Waals surface area contributed by atoms with E-state index >= 15 is 0 Å². The van der Waals surface area contributed by atoms with E-state index in [0.717, 1.165) is 25.2 Å². The zero-order chi connectivity index (χ0) is 14.8. The van der Waals surface area contributed by atoms with E-state index in [0.29, 0.717) is 17.5 Å². The Bertz CT molecular complexity index is 514. The number of nitrogens with one attached hydrogen (secondary N) is 1. The first kappa shape index (κ1) is 14.8. The molecule has 2 saturated heterocycles. The molecule has 1 aromatic carbocycles. The number of hydrogen-bond acceptors (Lipinski definition) is 3. The molecule has 3 rings (SSSR count). The molecule has 2 aliphatic rings. The van der Waals surface area contributed by atoms with Crippen LogP contribution < -0.4 is 5.32 Å². The summed E-state index contributed by atoms with van der Waals surface area (Å²) in [6.07, 6.45) is 2.31. The number of carbonyl (C=O) groups is 1. The number of amides is 1. The number of carbonyl (C=O) groups excluding carboxylic acids is 1. The molecule has 2 aliphatic heterocycles. The molecule has 2 fully saturated rings. The average Bonchev–Trinajstić information content (AvgIpc) is 2.83. The molecule has 21 heavy (non-hydrogen) atoms. The van der Waals surface area contributed by atoms with E-state index in [1.165, 1.54) is 12.8 Å². The number of hydrogen-bond donors (Lipinski definition) is 1. The van der Waals surface area contributed by atoms with Crippen LogP contribution in [-0.4, -0.2) is 48.9 Å². The van der Waals surface area contributed by atoms with Crippen LogP contribution in [0.15, 0.2) is 24.3 Å². The molecule has 1 N–H and O–H groups in total. The standard InChI is InChI=1S/C16H22ClN3O/c1-19-7-5-12(6-8-19)11-20-15(21)10-18-16(20)13-3-2-4-14(17)9-13/h2-4,9,12,16,18H,5-8,10-11H2,1H3. The molecule has 5 heteroatoms. The average molecular weight is 308 g/mol. The highest BCUT2D eigenvalue weighted by molar-refractivity contribution is 6.30. The maximum absolute atomic E-state index is 12.2. The third-order valence-electron chi connectivity index (χ3n) is 4.54. The van der Waals surface area contributed by atoms with E-state index in [1.807, 2.05) is 29.2 Å². The van der Waals surface area contributed by atoms with Crippen LogP contribution in [0.25, 0.3) is 0 Å². The van der Waals surface area contributed by atoms with Crippen molar-refractivity contribution in [3.8, 4) is 0 Å². The molecule has 1 atom stereocenters. The Kier molecular flexibility index (Phi) is 4.48. The second kappa shape index (κ2) is 6.34. The predicted octanol–water partition coefficient (Wildman–Crippen LogP) is 2.11. The molecular weight excluding hydrogens is 286 g/mol. The SMILES string of the molecule is CN1CCC(CN2C(=O)CNC2c2cccc(Cl)c2)CC1. The summed E-state index contributed by atoms with van der Waals surface area (Å²) in [5.74, 6) is 0.797. The Morgan fingerprint density at radius 2 is 2.10 bits per heavy atom. The predicted molar refractivity (Wildman–Crippen MR) is 84.1 cm³/mol. The minimum atomic E-state index is -0.0316. The fourth-order valence-electron chi connectivity index (χ4n) is 3.24. The topological polar surface area (TPSA) is 35.6 Å². The number of rotatable bonds is 3. The normalized spacial score (nSPS) is 24.8. The second-order valence-electron chi connectivity index (χ2n) is 6.13. The summed E-state index contributed by atoms with van der Waals surface area (Å²) in [7, 11) is 2.16. The maximum atomic E-state index is 12.2. The summed E-state index contributed by atoms with van der Waals surface area (Å²) in [5, 5.41) is 4.02. The maximum Gasteiger partial charge on any atom is 0.238 e. The van der Waals surface area contributed by atoms with Crippen molar-refractivity contribution in [2.24, 2.45) is 5.92 Å². The van der Waals surface area contributed by atoms with Crippen molar-refractivity contribution in [3.63, 3.8) is 0 Å². The molecule has 0 bridgehead atoms. The van der Waals surface area contributed by atoms with Gasteiger partial charge in [0.05, 0.1) is 6.54 Å². The van der Waals surface area contributed by atoms with Crippen LogP contribution >= 0.6 is 11.6 Å². The summed E-state index contributed by atoms with van der Waals surface area (Å²) in [5.41, 5.74) is 1.07. The van der Waals surface area contributed by atoms with Gasteiger partial charge in [-0.15, -0.1) is 0 Å². The third-order valence-corrected chi connectivity index (χ3v) is 4.77. The van der Waals surface area contributed by atoms with Crippen molar-refractivity contribution in [1.82, 2.24) is 15.1 Å². The molecule has 1 aromatic rings. The van der Waals surface area contributed by atoms with Crippen LogP contribution in [0.3, 0.4) is 0 Å². The van der Waals surface area contributed by atoms with Gasteiger partial charge in [0.15, 0.2) is 0 Å². The number of nitrogens with zero attached hydrogens (tertiary/aromatic N) is 2. The van der Waals surface area contributed by atoms with Crippen molar-refractivity contribution >= 4 is 17.5 Å². The first-order valence-corrected chi connectivity index (χ1v) is 7.98. The summed E-state index contributed by atoms with van der Waals surface area (Å²) >= 11 is 6.08. The largest absolute Gasteiger partial charge is 0.322 e. The lowest BCUT2D eigenvalue weighted by molar-refractivity contribution is -0.128.